The minimum Gasteiger partial charge on any atom is -0.304 e. The van der Waals surface area contributed by atoms with E-state index in [1.165, 1.54) is 5.75 Å². The van der Waals surface area contributed by atoms with E-state index in [2.05, 4.69) is 15.9 Å². The zero-order valence-corrected chi connectivity index (χ0v) is 7.17. The van der Waals surface area contributed by atoms with Crippen LogP contribution in [-0.4, -0.2) is 29.6 Å². The molecule has 0 amide bonds. The van der Waals surface area contributed by atoms with Gasteiger partial charge in [-0.3, -0.25) is 0 Å². The van der Waals surface area contributed by atoms with Crippen molar-refractivity contribution in [3.8, 4) is 0 Å². The van der Waals surface area contributed by atoms with Gasteiger partial charge in [0.1, 0.15) is 0 Å². The van der Waals surface area contributed by atoms with Crippen LogP contribution in [0.4, 0.5) is 0 Å². The Balaban J connectivity index is 1.91. The lowest BCUT2D eigenvalue weighted by Gasteiger charge is -2.12. The Morgan fingerprint density at radius 1 is 1.60 bits per heavy atom. The van der Waals surface area contributed by atoms with Gasteiger partial charge in [-0.05, 0) is 11.9 Å². The van der Waals surface area contributed by atoms with Crippen molar-refractivity contribution in [1.82, 2.24) is 5.32 Å². The second-order valence-electron chi connectivity index (χ2n) is 2.37. The highest BCUT2D eigenvalue weighted by atomic mass is 32.2. The molecule has 1 radical (unpaired) electrons. The molecule has 0 spiro atoms. The fraction of sp³-hybridized carbons (Fsp3) is 0.833. The number of hydrogen-bond donors (Lipinski definition) is 1. The minimum absolute atomic E-state index is 0.553. The Hall–Kier alpha value is 0.330. The van der Waals surface area contributed by atoms with E-state index in [1.54, 1.807) is 11.9 Å². The van der Waals surface area contributed by atoms with Gasteiger partial charge in [0, 0.05) is 24.0 Å². The molecule has 0 aromatic heterocycles. The second-order valence-corrected chi connectivity index (χ2v) is 4.39. The number of rotatable bonds is 1. The summed E-state index contributed by atoms with van der Waals surface area (Å²) >= 11 is 3.62. The molecule has 10 heavy (non-hydrogen) atoms. The molecule has 2 rings (SSSR count). The summed E-state index contributed by atoms with van der Waals surface area (Å²) in [6.07, 6.45) is 3.10. The molecule has 4 heteroatoms. The smallest absolute Gasteiger partial charge is 0.0776 e. The van der Waals surface area contributed by atoms with Gasteiger partial charge in [0.05, 0.1) is 11.6 Å². The monoisotopic (exact) mass is 173 g/mol. The molecule has 2 aliphatic heterocycles. The van der Waals surface area contributed by atoms with Gasteiger partial charge in [-0.15, -0.1) is 11.8 Å². The molecular weight excluding hydrogens is 164 g/mol. The van der Waals surface area contributed by atoms with Crippen molar-refractivity contribution in [3.05, 3.63) is 0 Å². The topological polar surface area (TPSA) is 24.4 Å². The molecule has 2 aliphatic rings. The van der Waals surface area contributed by atoms with Crippen LogP contribution in [0.15, 0.2) is 4.40 Å². The predicted molar refractivity (Wildman–Crippen MR) is 47.6 cm³/mol. The van der Waals surface area contributed by atoms with E-state index in [9.17, 15) is 0 Å². The SMILES string of the molecule is [C]1=NSCC1C1NCCS1. The maximum atomic E-state index is 4.02. The highest BCUT2D eigenvalue weighted by molar-refractivity contribution is 8.00. The van der Waals surface area contributed by atoms with E-state index in [0.717, 1.165) is 12.3 Å². The summed E-state index contributed by atoms with van der Waals surface area (Å²) in [5.74, 6) is 2.91. The minimum atomic E-state index is 0.553. The summed E-state index contributed by atoms with van der Waals surface area (Å²) < 4.78 is 4.02. The molecule has 0 aromatic carbocycles. The molecule has 55 valence electrons. The summed E-state index contributed by atoms with van der Waals surface area (Å²) in [6.45, 7) is 1.15. The van der Waals surface area contributed by atoms with Crippen molar-refractivity contribution >= 4 is 29.9 Å². The van der Waals surface area contributed by atoms with Gasteiger partial charge < -0.3 is 5.32 Å². The number of hydrogen-bond acceptors (Lipinski definition) is 4. The lowest BCUT2D eigenvalue weighted by Crippen LogP contribution is -2.29. The average molecular weight is 173 g/mol. The Morgan fingerprint density at radius 3 is 3.20 bits per heavy atom. The van der Waals surface area contributed by atoms with Gasteiger partial charge in [0.25, 0.3) is 0 Å². The average Bonchev–Trinajstić information content (AvgIpc) is 2.59. The molecule has 1 fully saturated rings. The van der Waals surface area contributed by atoms with Crippen molar-refractivity contribution in [2.45, 2.75) is 5.37 Å². The summed E-state index contributed by atoms with van der Waals surface area (Å²) in [7, 11) is 0. The van der Waals surface area contributed by atoms with E-state index in [0.29, 0.717) is 11.3 Å². The zero-order chi connectivity index (χ0) is 6.81. The number of nitrogens with zero attached hydrogens (tertiary/aromatic N) is 1. The van der Waals surface area contributed by atoms with E-state index >= 15 is 0 Å². The number of nitrogens with one attached hydrogen (secondary N) is 1. The van der Waals surface area contributed by atoms with Gasteiger partial charge in [-0.1, -0.05) is 0 Å². The lowest BCUT2D eigenvalue weighted by molar-refractivity contribution is 0.636. The molecule has 2 unspecified atom stereocenters. The molecule has 0 aliphatic carbocycles. The Bertz CT molecular complexity index is 143. The zero-order valence-electron chi connectivity index (χ0n) is 5.54. The molecule has 2 atom stereocenters. The molecule has 1 saturated heterocycles. The van der Waals surface area contributed by atoms with Crippen LogP contribution < -0.4 is 5.32 Å². The van der Waals surface area contributed by atoms with E-state index in [1.807, 2.05) is 11.8 Å². The summed E-state index contributed by atoms with van der Waals surface area (Å²) in [5, 5.41) is 4.02. The van der Waals surface area contributed by atoms with Crippen LogP contribution in [0.1, 0.15) is 0 Å². The van der Waals surface area contributed by atoms with Crippen molar-refractivity contribution in [2.24, 2.45) is 10.3 Å². The molecule has 0 saturated carbocycles. The quantitative estimate of drug-likeness (QED) is 0.596. The first kappa shape index (κ1) is 7.00. The highest BCUT2D eigenvalue weighted by Crippen LogP contribution is 2.27. The van der Waals surface area contributed by atoms with Gasteiger partial charge >= 0.3 is 0 Å². The number of thioether (sulfide) groups is 1. The second kappa shape index (κ2) is 3.15. The van der Waals surface area contributed by atoms with Crippen LogP contribution in [0.5, 0.6) is 0 Å². The Morgan fingerprint density at radius 2 is 2.60 bits per heavy atom. The van der Waals surface area contributed by atoms with Gasteiger partial charge in [0.15, 0.2) is 0 Å². The van der Waals surface area contributed by atoms with Crippen molar-refractivity contribution < 1.29 is 0 Å². The summed E-state index contributed by atoms with van der Waals surface area (Å²) in [4.78, 5) is 0. The van der Waals surface area contributed by atoms with Crippen LogP contribution >= 0.6 is 23.7 Å². The predicted octanol–water partition coefficient (Wildman–Crippen LogP) is 0.875. The summed E-state index contributed by atoms with van der Waals surface area (Å²) in [6, 6.07) is 0. The fourth-order valence-electron chi connectivity index (χ4n) is 1.12. The van der Waals surface area contributed by atoms with Gasteiger partial charge in [-0.2, -0.15) is 0 Å². The summed E-state index contributed by atoms with van der Waals surface area (Å²) in [5.41, 5.74) is 0. The van der Waals surface area contributed by atoms with Crippen LogP contribution in [0.3, 0.4) is 0 Å². The third-order valence-electron chi connectivity index (χ3n) is 1.65. The standard InChI is InChI=1S/C6H9N2S2/c1-2-9-6(7-1)5-3-8-10-4-5/h5-7H,1-2,4H2. The van der Waals surface area contributed by atoms with Gasteiger partial charge in [-0.25, -0.2) is 4.40 Å². The van der Waals surface area contributed by atoms with Crippen LogP contribution in [-0.2, 0) is 0 Å². The molecule has 0 bridgehead atoms. The maximum Gasteiger partial charge on any atom is 0.0776 e. The molecule has 0 aromatic rings. The maximum absolute atomic E-state index is 4.02. The van der Waals surface area contributed by atoms with Crippen LogP contribution in [0, 0.1) is 5.92 Å². The molecule has 2 nitrogen and oxygen atoms in total. The van der Waals surface area contributed by atoms with Crippen molar-refractivity contribution in [2.75, 3.05) is 18.1 Å². The normalized spacial score (nSPS) is 39.2. The van der Waals surface area contributed by atoms with Crippen LogP contribution in [0.25, 0.3) is 0 Å². The molecule has 1 N–H and O–H groups in total. The van der Waals surface area contributed by atoms with E-state index < -0.39 is 0 Å². The fourth-order valence-corrected chi connectivity index (χ4v) is 3.07. The Kier molecular flexibility index (Phi) is 2.21. The van der Waals surface area contributed by atoms with E-state index in [-0.39, 0.29) is 0 Å². The highest BCUT2D eigenvalue weighted by Gasteiger charge is 2.26. The molecular formula is C6H9N2S2. The van der Waals surface area contributed by atoms with Crippen LogP contribution in [0.2, 0.25) is 0 Å². The third kappa shape index (κ3) is 1.33. The molecule has 2 heterocycles. The lowest BCUT2D eigenvalue weighted by atomic mass is 10.2. The first-order valence-corrected chi connectivity index (χ1v) is 5.38. The first-order valence-electron chi connectivity index (χ1n) is 3.39. The first-order chi connectivity index (χ1) is 4.97. The van der Waals surface area contributed by atoms with E-state index in [4.69, 9.17) is 0 Å². The largest absolute Gasteiger partial charge is 0.304 e. The van der Waals surface area contributed by atoms with Gasteiger partial charge in [0.2, 0.25) is 0 Å². The van der Waals surface area contributed by atoms with Crippen molar-refractivity contribution in [3.63, 3.8) is 0 Å². The third-order valence-corrected chi connectivity index (χ3v) is 3.68. The van der Waals surface area contributed by atoms with Crippen molar-refractivity contribution in [1.29, 1.82) is 0 Å². The Labute approximate surface area is 69.4 Å².